The van der Waals surface area contributed by atoms with E-state index in [9.17, 15) is 0 Å². The second kappa shape index (κ2) is 6.29. The molecule has 0 radical (unpaired) electrons. The lowest BCUT2D eigenvalue weighted by Gasteiger charge is -2.11. The number of nitrogens with one attached hydrogen (secondary N) is 1. The molecule has 0 aliphatic heterocycles. The summed E-state index contributed by atoms with van der Waals surface area (Å²) in [4.78, 5) is 12.5. The van der Waals surface area contributed by atoms with Crippen LogP contribution in [0.2, 0.25) is 0 Å². The van der Waals surface area contributed by atoms with Crippen molar-refractivity contribution in [3.8, 4) is 23.0 Å². The largest absolute Gasteiger partial charge is 0.456 e. The van der Waals surface area contributed by atoms with Gasteiger partial charge in [-0.05, 0) is 49.4 Å². The molecule has 0 aliphatic rings. The molecule has 4 aromatic rings. The number of pyridine rings is 2. The summed E-state index contributed by atoms with van der Waals surface area (Å²) in [7, 11) is 0. The molecular formula is C19H15N5O2. The molecule has 7 nitrogen and oxygen atoms in total. The summed E-state index contributed by atoms with van der Waals surface area (Å²) in [6.45, 7) is 1.64. The molecule has 0 amide bonds. The second-order valence-electron chi connectivity index (χ2n) is 5.66. The van der Waals surface area contributed by atoms with E-state index in [1.165, 1.54) is 0 Å². The molecule has 0 aliphatic carbocycles. The number of aromatic nitrogens is 3. The summed E-state index contributed by atoms with van der Waals surface area (Å²) >= 11 is 0. The van der Waals surface area contributed by atoms with Crippen LogP contribution in [0.5, 0.6) is 11.5 Å². The van der Waals surface area contributed by atoms with E-state index in [4.69, 9.17) is 20.3 Å². The van der Waals surface area contributed by atoms with Crippen molar-refractivity contribution in [1.29, 1.82) is 5.41 Å². The maximum Gasteiger partial charge on any atom is 0.228 e. The summed E-state index contributed by atoms with van der Waals surface area (Å²) in [6, 6.07) is 12.6. The van der Waals surface area contributed by atoms with Crippen molar-refractivity contribution in [2.24, 2.45) is 0 Å². The van der Waals surface area contributed by atoms with Gasteiger partial charge in [0.05, 0.1) is 5.56 Å². The minimum Gasteiger partial charge on any atom is -0.456 e. The Morgan fingerprint density at radius 3 is 2.62 bits per heavy atom. The lowest BCUT2D eigenvalue weighted by atomic mass is 10.1. The number of nitrogens with two attached hydrogens (primary N) is 1. The predicted octanol–water partition coefficient (Wildman–Crippen LogP) is 4.05. The van der Waals surface area contributed by atoms with E-state index in [2.05, 4.69) is 15.0 Å². The molecule has 0 saturated heterocycles. The fraction of sp³-hybridized carbons (Fsp3) is 0.0526. The van der Waals surface area contributed by atoms with Gasteiger partial charge in [0.1, 0.15) is 17.3 Å². The van der Waals surface area contributed by atoms with E-state index in [0.717, 1.165) is 5.56 Å². The van der Waals surface area contributed by atoms with Crippen LogP contribution in [0.25, 0.3) is 22.7 Å². The van der Waals surface area contributed by atoms with Crippen molar-refractivity contribution in [1.82, 2.24) is 15.0 Å². The molecule has 128 valence electrons. The van der Waals surface area contributed by atoms with Crippen LogP contribution in [0.4, 0.5) is 5.82 Å². The zero-order chi connectivity index (χ0) is 18.1. The highest BCUT2D eigenvalue weighted by Gasteiger charge is 2.13. The number of anilines is 1. The molecule has 4 rings (SSSR count). The van der Waals surface area contributed by atoms with Crippen LogP contribution < -0.4 is 10.5 Å². The number of benzene rings is 1. The van der Waals surface area contributed by atoms with E-state index < -0.39 is 0 Å². The van der Waals surface area contributed by atoms with Crippen LogP contribution in [-0.2, 0) is 0 Å². The average Bonchev–Trinajstić information content (AvgIpc) is 3.06. The minimum atomic E-state index is 0.269. The summed E-state index contributed by atoms with van der Waals surface area (Å²) in [5, 5.41) is 7.86. The van der Waals surface area contributed by atoms with Crippen LogP contribution in [0.3, 0.4) is 0 Å². The standard InChI is InChI=1S/C19H15N5O2/c1-11(20)16-14(8-10-22-17(16)21)25-13-6-4-12(5-7-13)19-24-18-15(26-19)3-2-9-23-18/h2-10,20H,1H3,(H2,21,22). The van der Waals surface area contributed by atoms with E-state index in [1.807, 2.05) is 18.2 Å². The topological polar surface area (TPSA) is 111 Å². The monoisotopic (exact) mass is 345 g/mol. The Labute approximate surface area is 149 Å². The molecule has 0 atom stereocenters. The van der Waals surface area contributed by atoms with Crippen molar-refractivity contribution >= 4 is 22.8 Å². The zero-order valence-electron chi connectivity index (χ0n) is 13.9. The predicted molar refractivity (Wildman–Crippen MR) is 98.5 cm³/mol. The van der Waals surface area contributed by atoms with Gasteiger partial charge in [0.25, 0.3) is 0 Å². The molecule has 26 heavy (non-hydrogen) atoms. The fourth-order valence-corrected chi connectivity index (χ4v) is 2.61. The lowest BCUT2D eigenvalue weighted by molar-refractivity contribution is 0.481. The average molecular weight is 345 g/mol. The number of hydrogen-bond acceptors (Lipinski definition) is 7. The first kappa shape index (κ1) is 15.8. The lowest BCUT2D eigenvalue weighted by Crippen LogP contribution is -2.04. The molecule has 0 fully saturated rings. The van der Waals surface area contributed by atoms with Crippen molar-refractivity contribution in [2.45, 2.75) is 6.92 Å². The summed E-state index contributed by atoms with van der Waals surface area (Å²) < 4.78 is 11.6. The number of nitrogens with zero attached hydrogens (tertiary/aromatic N) is 3. The van der Waals surface area contributed by atoms with Gasteiger partial charge in [0.15, 0.2) is 11.2 Å². The molecule has 1 aromatic carbocycles. The van der Waals surface area contributed by atoms with Crippen LogP contribution >= 0.6 is 0 Å². The van der Waals surface area contributed by atoms with Gasteiger partial charge in [-0.3, -0.25) is 0 Å². The van der Waals surface area contributed by atoms with Gasteiger partial charge in [-0.1, -0.05) is 0 Å². The number of hydrogen-bond donors (Lipinski definition) is 2. The second-order valence-corrected chi connectivity index (χ2v) is 5.66. The molecule has 0 bridgehead atoms. The van der Waals surface area contributed by atoms with Crippen molar-refractivity contribution < 1.29 is 9.15 Å². The van der Waals surface area contributed by atoms with E-state index in [0.29, 0.717) is 39.9 Å². The maximum atomic E-state index is 7.86. The summed E-state index contributed by atoms with van der Waals surface area (Å²) in [5.41, 5.74) is 8.66. The summed E-state index contributed by atoms with van der Waals surface area (Å²) in [6.07, 6.45) is 3.23. The van der Waals surface area contributed by atoms with Crippen LogP contribution in [0.15, 0.2) is 59.3 Å². The van der Waals surface area contributed by atoms with Gasteiger partial charge in [0.2, 0.25) is 5.89 Å². The first-order chi connectivity index (χ1) is 12.6. The van der Waals surface area contributed by atoms with E-state index in [1.54, 1.807) is 43.6 Å². The number of rotatable bonds is 4. The number of oxazole rings is 1. The normalized spacial score (nSPS) is 10.8. The van der Waals surface area contributed by atoms with Gasteiger partial charge < -0.3 is 20.3 Å². The molecule has 0 unspecified atom stereocenters. The van der Waals surface area contributed by atoms with Gasteiger partial charge in [0, 0.05) is 23.7 Å². The fourth-order valence-electron chi connectivity index (χ4n) is 2.61. The van der Waals surface area contributed by atoms with Crippen molar-refractivity contribution in [3.05, 3.63) is 60.4 Å². The summed E-state index contributed by atoms with van der Waals surface area (Å²) in [5.74, 6) is 1.86. The molecule has 3 N–H and O–H groups in total. The SMILES string of the molecule is CC(=N)c1c(Oc2ccc(-c3nc4ncccc4o3)cc2)ccnc1N. The van der Waals surface area contributed by atoms with Crippen LogP contribution in [0.1, 0.15) is 12.5 Å². The molecule has 3 aromatic heterocycles. The Kier molecular flexibility index (Phi) is 3.81. The first-order valence-corrected chi connectivity index (χ1v) is 7.91. The van der Waals surface area contributed by atoms with E-state index >= 15 is 0 Å². The Balaban J connectivity index is 1.63. The zero-order valence-corrected chi connectivity index (χ0v) is 13.9. The molecule has 0 saturated carbocycles. The molecule has 0 spiro atoms. The van der Waals surface area contributed by atoms with Gasteiger partial charge in [-0.2, -0.15) is 4.98 Å². The first-order valence-electron chi connectivity index (χ1n) is 7.91. The van der Waals surface area contributed by atoms with Gasteiger partial charge >= 0.3 is 0 Å². The quantitative estimate of drug-likeness (QED) is 0.540. The van der Waals surface area contributed by atoms with Crippen molar-refractivity contribution in [2.75, 3.05) is 5.73 Å². The molecule has 3 heterocycles. The Bertz CT molecular complexity index is 1070. The highest BCUT2D eigenvalue weighted by Crippen LogP contribution is 2.30. The van der Waals surface area contributed by atoms with Crippen molar-refractivity contribution in [3.63, 3.8) is 0 Å². The van der Waals surface area contributed by atoms with Gasteiger partial charge in [-0.15, -0.1) is 0 Å². The highest BCUT2D eigenvalue weighted by molar-refractivity contribution is 6.02. The van der Waals surface area contributed by atoms with Crippen LogP contribution in [-0.4, -0.2) is 20.7 Å². The number of ether oxygens (including phenoxy) is 1. The highest BCUT2D eigenvalue weighted by atomic mass is 16.5. The Morgan fingerprint density at radius 2 is 1.88 bits per heavy atom. The maximum absolute atomic E-state index is 7.86. The third-order valence-electron chi connectivity index (χ3n) is 3.81. The molecular weight excluding hydrogens is 330 g/mol. The Morgan fingerprint density at radius 1 is 1.08 bits per heavy atom. The van der Waals surface area contributed by atoms with Gasteiger partial charge in [-0.25, -0.2) is 9.97 Å². The van der Waals surface area contributed by atoms with E-state index in [-0.39, 0.29) is 5.82 Å². The minimum absolute atomic E-state index is 0.269. The number of fused-ring (bicyclic) bond motifs is 1. The smallest absolute Gasteiger partial charge is 0.228 e. The number of nitrogen functional groups attached to an aromatic ring is 1. The molecule has 7 heteroatoms. The third-order valence-corrected chi connectivity index (χ3v) is 3.81. The third kappa shape index (κ3) is 2.86. The van der Waals surface area contributed by atoms with Crippen LogP contribution in [0, 0.1) is 5.41 Å². The Hall–Kier alpha value is -3.74.